The molecule has 1 aliphatic rings. The molecule has 3 aromatic rings. The first-order chi connectivity index (χ1) is 15.2. The third kappa shape index (κ3) is 3.81. The van der Waals surface area contributed by atoms with Crippen LogP contribution in [-0.2, 0) is 9.59 Å². The van der Waals surface area contributed by atoms with Gasteiger partial charge in [-0.05, 0) is 55.8 Å². The molecule has 2 N–H and O–H groups in total. The predicted molar refractivity (Wildman–Crippen MR) is 116 cm³/mol. The lowest BCUT2D eigenvalue weighted by Gasteiger charge is -2.26. The van der Waals surface area contributed by atoms with Crippen molar-refractivity contribution in [3.8, 4) is 11.3 Å². The first-order valence-corrected chi connectivity index (χ1v) is 9.67. The van der Waals surface area contributed by atoms with Gasteiger partial charge < -0.3 is 9.52 Å². The lowest BCUT2D eigenvalue weighted by molar-refractivity contribution is -0.122. The molecule has 1 aromatic heterocycles. The summed E-state index contributed by atoms with van der Waals surface area (Å²) < 4.78 is 5.72. The van der Waals surface area contributed by atoms with Gasteiger partial charge in [-0.25, -0.2) is 14.5 Å². The molecule has 4 amide bonds. The summed E-state index contributed by atoms with van der Waals surface area (Å²) in [6.45, 7) is 3.57. The fraction of sp³-hybridized carbons (Fsp3) is 0.0833. The van der Waals surface area contributed by atoms with E-state index in [1.54, 1.807) is 55.5 Å². The zero-order chi connectivity index (χ0) is 23.0. The first kappa shape index (κ1) is 20.8. The van der Waals surface area contributed by atoms with Crippen LogP contribution in [0.3, 0.4) is 0 Å². The van der Waals surface area contributed by atoms with Crippen LogP contribution in [0.15, 0.2) is 64.6 Å². The van der Waals surface area contributed by atoms with Crippen molar-refractivity contribution < 1.29 is 28.7 Å². The molecule has 160 valence electrons. The quantitative estimate of drug-likeness (QED) is 0.479. The van der Waals surface area contributed by atoms with E-state index in [1.165, 1.54) is 12.1 Å². The largest absolute Gasteiger partial charge is 0.478 e. The molecule has 0 aliphatic carbocycles. The molecular weight excluding hydrogens is 412 g/mol. The van der Waals surface area contributed by atoms with E-state index in [2.05, 4.69) is 5.32 Å². The van der Waals surface area contributed by atoms with E-state index in [-0.39, 0.29) is 16.9 Å². The lowest BCUT2D eigenvalue weighted by Crippen LogP contribution is -2.54. The highest BCUT2D eigenvalue weighted by Gasteiger charge is 2.37. The number of carbonyl (C=O) groups is 4. The Balaban J connectivity index is 1.67. The van der Waals surface area contributed by atoms with Crippen LogP contribution in [0.1, 0.15) is 27.2 Å². The minimum atomic E-state index is -1.05. The van der Waals surface area contributed by atoms with Crippen molar-refractivity contribution in [2.75, 3.05) is 4.90 Å². The van der Waals surface area contributed by atoms with Gasteiger partial charge in [-0.3, -0.25) is 14.9 Å². The average molecular weight is 430 g/mol. The van der Waals surface area contributed by atoms with Gasteiger partial charge in [-0.2, -0.15) is 0 Å². The summed E-state index contributed by atoms with van der Waals surface area (Å²) in [5.41, 5.74) is 2.32. The van der Waals surface area contributed by atoms with Crippen LogP contribution in [-0.4, -0.2) is 28.9 Å². The van der Waals surface area contributed by atoms with E-state index < -0.39 is 23.8 Å². The fourth-order valence-corrected chi connectivity index (χ4v) is 3.32. The number of barbiturate groups is 1. The van der Waals surface area contributed by atoms with Crippen LogP contribution in [0, 0.1) is 13.8 Å². The third-order valence-electron chi connectivity index (χ3n) is 5.06. The molecule has 0 spiro atoms. The summed E-state index contributed by atoms with van der Waals surface area (Å²) in [4.78, 5) is 49.8. The molecular formula is C24H18N2O6. The number of benzene rings is 2. The van der Waals surface area contributed by atoms with Crippen molar-refractivity contribution >= 4 is 35.6 Å². The number of anilines is 1. The van der Waals surface area contributed by atoms with E-state index >= 15 is 0 Å². The molecule has 0 atom stereocenters. The van der Waals surface area contributed by atoms with Gasteiger partial charge >= 0.3 is 12.0 Å². The molecule has 2 aromatic carbocycles. The molecule has 2 heterocycles. The molecule has 8 nitrogen and oxygen atoms in total. The Morgan fingerprint density at radius 2 is 1.72 bits per heavy atom. The van der Waals surface area contributed by atoms with Gasteiger partial charge in [-0.1, -0.05) is 29.8 Å². The Kier molecular flexibility index (Phi) is 5.19. The van der Waals surface area contributed by atoms with E-state index in [0.717, 1.165) is 10.5 Å². The number of hydrogen-bond acceptors (Lipinski definition) is 5. The summed E-state index contributed by atoms with van der Waals surface area (Å²) in [5.74, 6) is -2.08. The summed E-state index contributed by atoms with van der Waals surface area (Å²) in [7, 11) is 0. The maximum absolute atomic E-state index is 12.9. The molecule has 8 heteroatoms. The maximum atomic E-state index is 12.9. The zero-order valence-electron chi connectivity index (χ0n) is 17.2. The monoisotopic (exact) mass is 430 g/mol. The third-order valence-corrected chi connectivity index (χ3v) is 5.06. The number of urea groups is 1. The standard InChI is InChI=1S/C24H18N2O6/c1-13-3-7-16(8-4-13)26-22(28)19(21(27)25-24(26)31)12-17-9-10-20(32-17)15-6-5-14(2)18(11-15)23(29)30/h3-12H,1-2H3,(H,29,30)(H,25,27,31)/b19-12-. The van der Waals surface area contributed by atoms with Crippen LogP contribution < -0.4 is 10.2 Å². The predicted octanol–water partition coefficient (Wildman–Crippen LogP) is 3.93. The van der Waals surface area contributed by atoms with E-state index in [1.807, 2.05) is 6.92 Å². The van der Waals surface area contributed by atoms with Crippen LogP contribution in [0.2, 0.25) is 0 Å². The summed E-state index contributed by atoms with van der Waals surface area (Å²) >= 11 is 0. The number of rotatable bonds is 4. The molecule has 1 aliphatic heterocycles. The molecule has 32 heavy (non-hydrogen) atoms. The van der Waals surface area contributed by atoms with Crippen molar-refractivity contribution in [3.63, 3.8) is 0 Å². The Bertz CT molecular complexity index is 1300. The Labute approximate surface area is 182 Å². The number of amides is 4. The van der Waals surface area contributed by atoms with Crippen molar-refractivity contribution in [1.29, 1.82) is 0 Å². The van der Waals surface area contributed by atoms with E-state index in [4.69, 9.17) is 4.42 Å². The first-order valence-electron chi connectivity index (χ1n) is 9.67. The highest BCUT2D eigenvalue weighted by Crippen LogP contribution is 2.27. The van der Waals surface area contributed by atoms with Crippen molar-refractivity contribution in [1.82, 2.24) is 5.32 Å². The number of nitrogens with one attached hydrogen (secondary N) is 1. The minimum absolute atomic E-state index is 0.146. The number of furan rings is 1. The Morgan fingerprint density at radius 3 is 2.41 bits per heavy atom. The minimum Gasteiger partial charge on any atom is -0.478 e. The highest BCUT2D eigenvalue weighted by atomic mass is 16.4. The van der Waals surface area contributed by atoms with Gasteiger partial charge in [0.15, 0.2) is 0 Å². The van der Waals surface area contributed by atoms with Crippen molar-refractivity contribution in [2.24, 2.45) is 0 Å². The number of carbonyl (C=O) groups excluding carboxylic acids is 3. The molecule has 0 saturated carbocycles. The normalized spacial score (nSPS) is 15.2. The maximum Gasteiger partial charge on any atom is 0.335 e. The Morgan fingerprint density at radius 1 is 1.00 bits per heavy atom. The number of hydrogen-bond donors (Lipinski definition) is 2. The number of imide groups is 2. The molecule has 1 saturated heterocycles. The molecule has 1 fully saturated rings. The van der Waals surface area contributed by atoms with Crippen molar-refractivity contribution in [3.05, 3.63) is 82.6 Å². The summed E-state index contributed by atoms with van der Waals surface area (Å²) in [5, 5.41) is 11.5. The smallest absolute Gasteiger partial charge is 0.335 e. The second-order valence-electron chi connectivity index (χ2n) is 7.33. The van der Waals surface area contributed by atoms with Gasteiger partial charge in [0.25, 0.3) is 11.8 Å². The number of carboxylic acid groups (broad SMARTS) is 1. The van der Waals surface area contributed by atoms with Gasteiger partial charge in [0.1, 0.15) is 17.1 Å². The summed E-state index contributed by atoms with van der Waals surface area (Å²) in [6.07, 6.45) is 1.25. The van der Waals surface area contributed by atoms with Gasteiger partial charge in [-0.15, -0.1) is 0 Å². The molecule has 0 unspecified atom stereocenters. The SMILES string of the molecule is Cc1ccc(N2C(=O)NC(=O)/C(=C/c3ccc(-c4ccc(C)c(C(=O)O)c4)o3)C2=O)cc1. The van der Waals surface area contributed by atoms with Crippen LogP contribution in [0.25, 0.3) is 17.4 Å². The zero-order valence-corrected chi connectivity index (χ0v) is 17.2. The van der Waals surface area contributed by atoms with Crippen LogP contribution in [0.5, 0.6) is 0 Å². The van der Waals surface area contributed by atoms with Crippen LogP contribution >= 0.6 is 0 Å². The van der Waals surface area contributed by atoms with Crippen molar-refractivity contribution in [2.45, 2.75) is 13.8 Å². The number of nitrogens with zero attached hydrogens (tertiary/aromatic N) is 1. The van der Waals surface area contributed by atoms with Gasteiger partial charge in [0, 0.05) is 5.56 Å². The van der Waals surface area contributed by atoms with Gasteiger partial charge in [0.2, 0.25) is 0 Å². The van der Waals surface area contributed by atoms with E-state index in [9.17, 15) is 24.3 Å². The lowest BCUT2D eigenvalue weighted by atomic mass is 10.0. The number of aryl methyl sites for hydroxylation is 2. The number of aromatic carboxylic acids is 1. The second-order valence-corrected chi connectivity index (χ2v) is 7.33. The number of carboxylic acids is 1. The average Bonchev–Trinajstić information content (AvgIpc) is 3.21. The topological polar surface area (TPSA) is 117 Å². The van der Waals surface area contributed by atoms with E-state index in [0.29, 0.717) is 22.6 Å². The second kappa shape index (κ2) is 7.99. The fourth-order valence-electron chi connectivity index (χ4n) is 3.32. The molecule has 0 bridgehead atoms. The van der Waals surface area contributed by atoms with Crippen LogP contribution in [0.4, 0.5) is 10.5 Å². The molecule has 4 rings (SSSR count). The Hall–Kier alpha value is -4.46. The van der Waals surface area contributed by atoms with Gasteiger partial charge in [0.05, 0.1) is 11.3 Å². The molecule has 0 radical (unpaired) electrons. The highest BCUT2D eigenvalue weighted by molar-refractivity contribution is 6.39. The summed E-state index contributed by atoms with van der Waals surface area (Å²) in [6, 6.07) is 13.9.